The van der Waals surface area contributed by atoms with Crippen LogP contribution in [0.3, 0.4) is 0 Å². The van der Waals surface area contributed by atoms with Crippen LogP contribution in [0.5, 0.6) is 0 Å². The van der Waals surface area contributed by atoms with Crippen molar-refractivity contribution in [2.75, 3.05) is 4.90 Å². The highest BCUT2D eigenvalue weighted by atomic mass is 32.2. The maximum absolute atomic E-state index is 4.82. The Morgan fingerprint density at radius 2 is 1.16 bits per heavy atom. The van der Waals surface area contributed by atoms with Gasteiger partial charge in [0, 0.05) is 49.1 Å². The summed E-state index contributed by atoms with van der Waals surface area (Å²) < 4.78 is 2.53. The van der Waals surface area contributed by atoms with Crippen molar-refractivity contribution in [2.45, 2.75) is 16.1 Å². The number of aromatic nitrogens is 1. The third kappa shape index (κ3) is 4.53. The number of thioether (sulfide) groups is 1. The van der Waals surface area contributed by atoms with Gasteiger partial charge in [0.05, 0.1) is 16.6 Å². The maximum atomic E-state index is 4.82. The van der Waals surface area contributed by atoms with E-state index in [9.17, 15) is 0 Å². The summed E-state index contributed by atoms with van der Waals surface area (Å²) in [6.07, 6.45) is 13.1. The SMILES string of the molecule is C1=CC2Sc3cc(N(c4ccc(-c5ccc6c7ccccc7c7ccccc7c6c5)cc4)c4cncc5c4sc4ccccc45)ccc3C2C=C1. The summed E-state index contributed by atoms with van der Waals surface area (Å²) in [7, 11) is 0. The number of hydrogen-bond acceptors (Lipinski definition) is 4. The normalized spacial score (nSPS) is 16.4. The summed E-state index contributed by atoms with van der Waals surface area (Å²) in [6, 6.07) is 49.3. The summed E-state index contributed by atoms with van der Waals surface area (Å²) in [6.45, 7) is 0. The molecule has 0 bridgehead atoms. The molecule has 2 atom stereocenters. The molecule has 0 saturated carbocycles. The lowest BCUT2D eigenvalue weighted by atomic mass is 9.92. The highest BCUT2D eigenvalue weighted by molar-refractivity contribution is 8.00. The van der Waals surface area contributed by atoms with E-state index >= 15 is 0 Å². The van der Waals surface area contributed by atoms with Gasteiger partial charge in [0.15, 0.2) is 0 Å². The van der Waals surface area contributed by atoms with E-state index in [2.05, 4.69) is 163 Å². The smallest absolute Gasteiger partial charge is 0.0824 e. The molecule has 0 fully saturated rings. The number of hydrogen-bond donors (Lipinski definition) is 0. The van der Waals surface area contributed by atoms with Gasteiger partial charge in [-0.1, -0.05) is 121 Å². The number of allylic oxidation sites excluding steroid dienone is 3. The van der Waals surface area contributed by atoms with E-state index in [1.807, 2.05) is 35.5 Å². The lowest BCUT2D eigenvalue weighted by Gasteiger charge is -2.26. The molecule has 0 radical (unpaired) electrons. The second-order valence-electron chi connectivity index (χ2n) is 13.5. The molecule has 11 rings (SSSR count). The van der Waals surface area contributed by atoms with Gasteiger partial charge in [0.25, 0.3) is 0 Å². The molecule has 0 N–H and O–H groups in total. The molecule has 2 aliphatic rings. The fourth-order valence-corrected chi connectivity index (χ4v) is 10.8. The van der Waals surface area contributed by atoms with Crippen molar-refractivity contribution in [1.29, 1.82) is 0 Å². The minimum absolute atomic E-state index is 0.432. The Labute approximate surface area is 304 Å². The van der Waals surface area contributed by atoms with Crippen LogP contribution in [0, 0.1) is 0 Å². The average Bonchev–Trinajstić information content (AvgIpc) is 3.77. The highest BCUT2D eigenvalue weighted by Crippen LogP contribution is 2.51. The van der Waals surface area contributed by atoms with E-state index in [4.69, 9.17) is 4.98 Å². The number of nitrogens with zero attached hydrogens (tertiary/aromatic N) is 2. The van der Waals surface area contributed by atoms with Crippen LogP contribution in [-0.2, 0) is 0 Å². The van der Waals surface area contributed by atoms with Crippen molar-refractivity contribution in [3.8, 4) is 11.1 Å². The summed E-state index contributed by atoms with van der Waals surface area (Å²) in [5, 5.41) is 10.7. The predicted molar refractivity (Wildman–Crippen MR) is 220 cm³/mol. The topological polar surface area (TPSA) is 16.1 Å². The van der Waals surface area contributed by atoms with Crippen LogP contribution in [0.25, 0.3) is 63.6 Å². The zero-order chi connectivity index (χ0) is 33.5. The number of anilines is 3. The van der Waals surface area contributed by atoms with Crippen molar-refractivity contribution < 1.29 is 0 Å². The molecule has 2 aromatic heterocycles. The summed E-state index contributed by atoms with van der Waals surface area (Å²) in [5.41, 5.74) is 7.19. The predicted octanol–water partition coefficient (Wildman–Crippen LogP) is 13.7. The lowest BCUT2D eigenvalue weighted by molar-refractivity contribution is 0.881. The Bertz CT molecular complexity index is 2880. The average molecular weight is 687 g/mol. The fourth-order valence-electron chi connectivity index (χ4n) is 8.27. The van der Waals surface area contributed by atoms with Gasteiger partial charge in [-0.15, -0.1) is 23.1 Å². The quantitative estimate of drug-likeness (QED) is 0.171. The van der Waals surface area contributed by atoms with Crippen molar-refractivity contribution >= 4 is 92.7 Å². The fraction of sp³-hybridized carbons (Fsp3) is 0.0426. The molecule has 4 heteroatoms. The highest BCUT2D eigenvalue weighted by Gasteiger charge is 2.32. The molecular weight excluding hydrogens is 657 g/mol. The van der Waals surface area contributed by atoms with E-state index in [1.165, 1.54) is 74.1 Å². The van der Waals surface area contributed by atoms with Crippen molar-refractivity contribution in [1.82, 2.24) is 4.98 Å². The number of fused-ring (bicyclic) bond motifs is 12. The first-order valence-electron chi connectivity index (χ1n) is 17.4. The van der Waals surface area contributed by atoms with Gasteiger partial charge in [0.1, 0.15) is 0 Å². The van der Waals surface area contributed by atoms with Crippen LogP contribution >= 0.6 is 23.1 Å². The van der Waals surface area contributed by atoms with Crippen molar-refractivity contribution in [3.05, 3.63) is 176 Å². The van der Waals surface area contributed by atoms with E-state index in [1.54, 1.807) is 0 Å². The van der Waals surface area contributed by atoms with Gasteiger partial charge in [0.2, 0.25) is 0 Å². The first-order chi connectivity index (χ1) is 25.3. The molecule has 2 unspecified atom stereocenters. The van der Waals surface area contributed by atoms with Gasteiger partial charge in [-0.2, -0.15) is 0 Å². The molecule has 1 aliphatic carbocycles. The second kappa shape index (κ2) is 11.4. The summed E-state index contributed by atoms with van der Waals surface area (Å²) >= 11 is 3.82. The van der Waals surface area contributed by atoms with Gasteiger partial charge < -0.3 is 4.90 Å². The van der Waals surface area contributed by atoms with E-state index in [0.717, 1.165) is 17.1 Å². The molecule has 240 valence electrons. The third-order valence-corrected chi connectivity index (χ3v) is 13.2. The number of pyridine rings is 1. The zero-order valence-electron chi connectivity index (χ0n) is 27.5. The molecule has 2 nitrogen and oxygen atoms in total. The summed E-state index contributed by atoms with van der Waals surface area (Å²) in [4.78, 5) is 8.58. The van der Waals surface area contributed by atoms with Crippen molar-refractivity contribution in [3.63, 3.8) is 0 Å². The van der Waals surface area contributed by atoms with E-state index < -0.39 is 0 Å². The zero-order valence-corrected chi connectivity index (χ0v) is 29.2. The molecule has 0 saturated heterocycles. The Balaban J connectivity index is 1.06. The standard InChI is InChI=1S/C47H30N2S2/c1-2-11-35-33(9-1)34-10-3-4-12-36(34)41-25-30(19-23-37(35)41)29-17-20-31(21-18-29)49(32-22-24-40-38-13-5-7-15-44(38)50-46(40)26-32)43-28-48-27-42-39-14-6-8-16-45(39)51-47(42)43/h1-28,38,44H. The van der Waals surface area contributed by atoms with Gasteiger partial charge in [-0.05, 0) is 85.4 Å². The van der Waals surface area contributed by atoms with Crippen LogP contribution in [0.15, 0.2) is 175 Å². The minimum Gasteiger partial charge on any atom is -0.308 e. The van der Waals surface area contributed by atoms with Gasteiger partial charge >= 0.3 is 0 Å². The Morgan fingerprint density at radius 3 is 1.94 bits per heavy atom. The number of thiophene rings is 1. The van der Waals surface area contributed by atoms with Crippen LogP contribution in [0.4, 0.5) is 17.1 Å². The molecular formula is C47H30N2S2. The van der Waals surface area contributed by atoms with Crippen molar-refractivity contribution in [2.24, 2.45) is 0 Å². The van der Waals surface area contributed by atoms with Gasteiger partial charge in [-0.3, -0.25) is 4.98 Å². The van der Waals surface area contributed by atoms with Gasteiger partial charge in [-0.25, -0.2) is 0 Å². The molecule has 0 spiro atoms. The Kier molecular flexibility index (Phi) is 6.52. The molecule has 3 heterocycles. The molecule has 9 aromatic rings. The van der Waals surface area contributed by atoms with E-state index in [-0.39, 0.29) is 0 Å². The Morgan fingerprint density at radius 1 is 0.510 bits per heavy atom. The van der Waals surface area contributed by atoms with Crippen LogP contribution < -0.4 is 4.90 Å². The summed E-state index contributed by atoms with van der Waals surface area (Å²) in [5.74, 6) is 0.432. The Hall–Kier alpha value is -5.68. The monoisotopic (exact) mass is 686 g/mol. The number of benzene rings is 7. The largest absolute Gasteiger partial charge is 0.308 e. The minimum atomic E-state index is 0.432. The maximum Gasteiger partial charge on any atom is 0.0824 e. The lowest BCUT2D eigenvalue weighted by Crippen LogP contribution is -2.11. The van der Waals surface area contributed by atoms with Crippen LogP contribution in [0.2, 0.25) is 0 Å². The third-order valence-electron chi connectivity index (χ3n) is 10.7. The molecule has 51 heavy (non-hydrogen) atoms. The molecule has 0 amide bonds. The first-order valence-corrected chi connectivity index (χ1v) is 19.1. The van der Waals surface area contributed by atoms with E-state index in [0.29, 0.717) is 11.2 Å². The van der Waals surface area contributed by atoms with Crippen LogP contribution in [0.1, 0.15) is 11.5 Å². The van der Waals surface area contributed by atoms with Crippen LogP contribution in [-0.4, -0.2) is 10.2 Å². The molecule has 7 aromatic carbocycles. The molecule has 1 aliphatic heterocycles. The first kappa shape index (κ1) is 29.1. The second-order valence-corrected chi connectivity index (χ2v) is 15.7. The number of rotatable bonds is 4.